The summed E-state index contributed by atoms with van der Waals surface area (Å²) in [7, 11) is 2.66. The molecule has 0 rings (SSSR count). The van der Waals surface area contributed by atoms with Gasteiger partial charge in [-0.05, 0) is 24.0 Å². The van der Waals surface area contributed by atoms with Gasteiger partial charge in [-0.25, -0.2) is 0 Å². The number of thioether (sulfide) groups is 1. The van der Waals surface area contributed by atoms with Crippen molar-refractivity contribution in [3.8, 4) is 0 Å². The molecule has 0 spiro atoms. The molecule has 0 bridgehead atoms. The molecule has 0 aliphatic carbocycles. The third-order valence-electron chi connectivity index (χ3n) is 2.59. The first-order valence-corrected chi connectivity index (χ1v) is 9.14. The highest BCUT2D eigenvalue weighted by molar-refractivity contribution is 8.02. The van der Waals surface area contributed by atoms with Gasteiger partial charge >= 0.3 is 8.80 Å². The number of hydrogen-bond acceptors (Lipinski definition) is 4. The Hall–Kier alpha value is 0.187. The van der Waals surface area contributed by atoms with Gasteiger partial charge in [0.2, 0.25) is 0 Å². The molecule has 5 heteroatoms. The van der Waals surface area contributed by atoms with Crippen LogP contribution < -0.4 is 0 Å². The molecule has 0 N–H and O–H groups in total. The number of unbranched alkanes of at least 4 members (excludes halogenated alkanes) is 2. The zero-order valence-corrected chi connectivity index (χ0v) is 13.3. The minimum absolute atomic E-state index is 0.881. The normalized spacial score (nSPS) is 12.5. The Kier molecular flexibility index (Phi) is 11.4. The van der Waals surface area contributed by atoms with Crippen LogP contribution in [-0.4, -0.2) is 35.9 Å². The second-order valence-electron chi connectivity index (χ2n) is 3.78. The summed E-state index contributed by atoms with van der Waals surface area (Å²) >= 11 is 1.85. The zero-order chi connectivity index (χ0) is 13.0. The van der Waals surface area contributed by atoms with E-state index in [2.05, 4.69) is 18.4 Å². The van der Waals surface area contributed by atoms with E-state index in [0.29, 0.717) is 0 Å². The van der Waals surface area contributed by atoms with E-state index in [0.717, 1.165) is 18.2 Å². The Morgan fingerprint density at radius 3 is 2.24 bits per heavy atom. The standard InChI is InChI=1S/C12H26O3SSi/c1-5-6-7-8-10-16-11-9-12-17(13-2,14-3)15-4/h8,10H,5-7,9,11-12H2,1-4H3. The molecule has 0 atom stereocenters. The maximum absolute atomic E-state index is 5.36. The van der Waals surface area contributed by atoms with Crippen molar-refractivity contribution in [1.82, 2.24) is 0 Å². The fourth-order valence-corrected chi connectivity index (χ4v) is 4.15. The van der Waals surface area contributed by atoms with Gasteiger partial charge in [0.25, 0.3) is 0 Å². The molecule has 0 fully saturated rings. The Morgan fingerprint density at radius 1 is 1.06 bits per heavy atom. The van der Waals surface area contributed by atoms with Gasteiger partial charge in [-0.1, -0.05) is 25.8 Å². The van der Waals surface area contributed by atoms with Crippen molar-refractivity contribution in [1.29, 1.82) is 0 Å². The molecule has 0 saturated heterocycles. The number of rotatable bonds is 11. The second-order valence-corrected chi connectivity index (χ2v) is 7.89. The highest BCUT2D eigenvalue weighted by Crippen LogP contribution is 2.17. The third-order valence-corrected chi connectivity index (χ3v) is 6.34. The highest BCUT2D eigenvalue weighted by atomic mass is 32.2. The Morgan fingerprint density at radius 2 is 1.71 bits per heavy atom. The first-order chi connectivity index (χ1) is 8.24. The van der Waals surface area contributed by atoms with Crippen molar-refractivity contribution in [2.75, 3.05) is 27.1 Å². The minimum atomic E-state index is -2.34. The van der Waals surface area contributed by atoms with Crippen LogP contribution in [0, 0.1) is 0 Å². The van der Waals surface area contributed by atoms with E-state index in [-0.39, 0.29) is 0 Å². The molecule has 0 aromatic rings. The highest BCUT2D eigenvalue weighted by Gasteiger charge is 2.36. The van der Waals surface area contributed by atoms with Gasteiger partial charge in [-0.2, -0.15) is 0 Å². The van der Waals surface area contributed by atoms with Crippen molar-refractivity contribution in [2.45, 2.75) is 38.7 Å². The Labute approximate surface area is 111 Å². The lowest BCUT2D eigenvalue weighted by Gasteiger charge is -2.23. The van der Waals surface area contributed by atoms with E-state index in [1.165, 1.54) is 19.3 Å². The fourth-order valence-electron chi connectivity index (χ4n) is 1.45. The predicted octanol–water partition coefficient (Wildman–Crippen LogP) is 3.69. The van der Waals surface area contributed by atoms with Gasteiger partial charge in [0.1, 0.15) is 0 Å². The maximum atomic E-state index is 5.36. The average Bonchev–Trinajstić information content (AvgIpc) is 2.38. The van der Waals surface area contributed by atoms with E-state index in [4.69, 9.17) is 13.3 Å². The van der Waals surface area contributed by atoms with Crippen molar-refractivity contribution in [3.05, 3.63) is 11.5 Å². The summed E-state index contributed by atoms with van der Waals surface area (Å²) in [5.41, 5.74) is 0. The molecular formula is C12H26O3SSi. The minimum Gasteiger partial charge on any atom is -0.377 e. The molecule has 0 saturated carbocycles. The molecule has 0 heterocycles. The quantitative estimate of drug-likeness (QED) is 0.425. The molecule has 0 aromatic carbocycles. The average molecular weight is 278 g/mol. The molecule has 0 radical (unpaired) electrons. The Bertz CT molecular complexity index is 188. The summed E-state index contributed by atoms with van der Waals surface area (Å²) in [6.45, 7) is 2.21. The molecule has 0 aliphatic rings. The lowest BCUT2D eigenvalue weighted by atomic mass is 10.2. The van der Waals surface area contributed by atoms with Gasteiger partial charge in [0.15, 0.2) is 0 Å². The lowest BCUT2D eigenvalue weighted by molar-refractivity contribution is 0.123. The van der Waals surface area contributed by atoms with Crippen molar-refractivity contribution in [3.63, 3.8) is 0 Å². The smallest absolute Gasteiger partial charge is 0.377 e. The molecule has 0 amide bonds. The van der Waals surface area contributed by atoms with Gasteiger partial charge in [0.05, 0.1) is 0 Å². The molecular weight excluding hydrogens is 252 g/mol. The van der Waals surface area contributed by atoms with Crippen LogP contribution in [0.3, 0.4) is 0 Å². The van der Waals surface area contributed by atoms with Crippen molar-refractivity contribution in [2.24, 2.45) is 0 Å². The van der Waals surface area contributed by atoms with Crippen LogP contribution in [-0.2, 0) is 13.3 Å². The SMILES string of the molecule is CCCCC=CSCCC[Si](OC)(OC)OC. The van der Waals surface area contributed by atoms with Crippen LogP contribution in [0.2, 0.25) is 6.04 Å². The van der Waals surface area contributed by atoms with Crippen LogP contribution in [0.1, 0.15) is 32.6 Å². The van der Waals surface area contributed by atoms with E-state index in [1.54, 1.807) is 21.3 Å². The van der Waals surface area contributed by atoms with Crippen LogP contribution in [0.15, 0.2) is 11.5 Å². The summed E-state index contributed by atoms with van der Waals surface area (Å²) in [5, 5.41) is 2.20. The van der Waals surface area contributed by atoms with E-state index < -0.39 is 8.80 Å². The van der Waals surface area contributed by atoms with Gasteiger partial charge in [-0.15, -0.1) is 11.8 Å². The number of allylic oxidation sites excluding steroid dienone is 1. The molecule has 102 valence electrons. The fraction of sp³-hybridized carbons (Fsp3) is 0.833. The second kappa shape index (κ2) is 11.3. The predicted molar refractivity (Wildman–Crippen MR) is 77.3 cm³/mol. The Balaban J connectivity index is 3.58. The zero-order valence-electron chi connectivity index (χ0n) is 11.5. The van der Waals surface area contributed by atoms with E-state index in [9.17, 15) is 0 Å². The monoisotopic (exact) mass is 278 g/mol. The summed E-state index contributed by atoms with van der Waals surface area (Å²) in [5.74, 6) is 1.09. The van der Waals surface area contributed by atoms with Gasteiger partial charge in [0, 0.05) is 27.4 Å². The van der Waals surface area contributed by atoms with Crippen LogP contribution in [0.5, 0.6) is 0 Å². The number of hydrogen-bond donors (Lipinski definition) is 0. The summed E-state index contributed by atoms with van der Waals surface area (Å²) < 4.78 is 16.1. The summed E-state index contributed by atoms with van der Waals surface area (Å²) in [6.07, 6.45) is 7.05. The molecule has 17 heavy (non-hydrogen) atoms. The van der Waals surface area contributed by atoms with Crippen molar-refractivity contribution >= 4 is 20.6 Å². The largest absolute Gasteiger partial charge is 0.500 e. The summed E-state index contributed by atoms with van der Waals surface area (Å²) in [6, 6.07) is 0.881. The molecule has 0 aromatic heterocycles. The van der Waals surface area contributed by atoms with Crippen LogP contribution in [0.25, 0.3) is 0 Å². The van der Waals surface area contributed by atoms with Crippen LogP contribution in [0.4, 0.5) is 0 Å². The molecule has 3 nitrogen and oxygen atoms in total. The first kappa shape index (κ1) is 17.2. The lowest BCUT2D eigenvalue weighted by Crippen LogP contribution is -2.42. The maximum Gasteiger partial charge on any atom is 0.500 e. The molecule has 0 aliphatic heterocycles. The van der Waals surface area contributed by atoms with Crippen molar-refractivity contribution < 1.29 is 13.3 Å². The van der Waals surface area contributed by atoms with E-state index >= 15 is 0 Å². The topological polar surface area (TPSA) is 27.7 Å². The summed E-state index contributed by atoms with van der Waals surface area (Å²) in [4.78, 5) is 0. The van der Waals surface area contributed by atoms with E-state index in [1.807, 2.05) is 11.8 Å². The van der Waals surface area contributed by atoms with Gasteiger partial charge < -0.3 is 13.3 Å². The molecule has 0 unspecified atom stereocenters. The van der Waals surface area contributed by atoms with Gasteiger partial charge in [-0.3, -0.25) is 0 Å². The van der Waals surface area contributed by atoms with Crippen LogP contribution >= 0.6 is 11.8 Å². The third kappa shape index (κ3) is 7.99. The first-order valence-electron chi connectivity index (χ1n) is 6.16.